The van der Waals surface area contributed by atoms with Crippen molar-refractivity contribution in [1.82, 2.24) is 19.9 Å². The molecule has 2 aromatic rings. The fraction of sp³-hybridized carbons (Fsp3) is 0.500. The van der Waals surface area contributed by atoms with Crippen molar-refractivity contribution in [3.05, 3.63) is 48.0 Å². The molecule has 132 valence electrons. The minimum Gasteiger partial charge on any atom is -0.338 e. The molecular weight excluding hydrogens is 321 g/mol. The third-order valence-electron chi connectivity index (χ3n) is 5.60. The van der Waals surface area contributed by atoms with Gasteiger partial charge in [0.25, 0.3) is 0 Å². The lowest BCUT2D eigenvalue weighted by Crippen LogP contribution is -2.49. The first-order valence-corrected chi connectivity index (χ1v) is 8.73. The van der Waals surface area contributed by atoms with Crippen LogP contribution >= 0.6 is 0 Å². The van der Waals surface area contributed by atoms with Crippen LogP contribution in [0.15, 0.2) is 36.7 Å². The molecule has 0 unspecified atom stereocenters. The molecule has 0 bridgehead atoms. The average Bonchev–Trinajstić information content (AvgIpc) is 3.19. The average molecular weight is 343 g/mol. The molecule has 2 N–H and O–H groups in total. The van der Waals surface area contributed by atoms with Crippen LogP contribution in [0.25, 0.3) is 0 Å². The van der Waals surface area contributed by atoms with E-state index in [4.69, 9.17) is 5.73 Å². The quantitative estimate of drug-likeness (QED) is 0.913. The summed E-state index contributed by atoms with van der Waals surface area (Å²) in [5.41, 5.74) is 6.71. The Kier molecular flexibility index (Phi) is 4.03. The Morgan fingerprint density at radius 3 is 2.84 bits per heavy atom. The summed E-state index contributed by atoms with van der Waals surface area (Å²) >= 11 is 0. The van der Waals surface area contributed by atoms with Gasteiger partial charge in [-0.1, -0.05) is 23.8 Å². The standard InChI is InChI=1S/C18H22FN5O/c19-14-4-1-3-13(9-14)10-18(5-2-6-18)17(25)23-11-15(20)16(12-23)24-8-7-21-22-24/h1,3-4,7-9,15-16H,2,5-6,10-12,20H2/t15-,16+/m1/s1. The van der Waals surface area contributed by atoms with Gasteiger partial charge in [-0.05, 0) is 37.0 Å². The Bertz CT molecular complexity index is 759. The lowest BCUT2D eigenvalue weighted by molar-refractivity contribution is -0.146. The lowest BCUT2D eigenvalue weighted by Gasteiger charge is -2.43. The highest BCUT2D eigenvalue weighted by Gasteiger charge is 2.48. The lowest BCUT2D eigenvalue weighted by atomic mass is 9.64. The van der Waals surface area contributed by atoms with E-state index in [0.717, 1.165) is 24.8 Å². The summed E-state index contributed by atoms with van der Waals surface area (Å²) in [6, 6.07) is 6.36. The van der Waals surface area contributed by atoms with Gasteiger partial charge in [0.05, 0.1) is 17.7 Å². The normalized spacial score (nSPS) is 25.0. The summed E-state index contributed by atoms with van der Waals surface area (Å²) < 4.78 is 15.2. The molecule has 1 amide bonds. The predicted molar refractivity (Wildman–Crippen MR) is 90.0 cm³/mol. The Morgan fingerprint density at radius 1 is 1.36 bits per heavy atom. The number of likely N-dealkylation sites (tertiary alicyclic amines) is 1. The molecule has 2 fully saturated rings. The Balaban J connectivity index is 1.51. The second kappa shape index (κ2) is 6.22. The number of hydrogen-bond acceptors (Lipinski definition) is 4. The maximum Gasteiger partial charge on any atom is 0.229 e. The molecule has 4 rings (SSSR count). The maximum absolute atomic E-state index is 13.5. The van der Waals surface area contributed by atoms with Gasteiger partial charge in [-0.25, -0.2) is 9.07 Å². The SMILES string of the molecule is N[C@@H]1CN(C(=O)C2(Cc3cccc(F)c3)CCC2)C[C@@H]1n1ccnn1. The zero-order chi connectivity index (χ0) is 17.4. The van der Waals surface area contributed by atoms with E-state index in [2.05, 4.69) is 10.3 Å². The number of halogens is 1. The number of amides is 1. The summed E-state index contributed by atoms with van der Waals surface area (Å²) in [4.78, 5) is 15.1. The van der Waals surface area contributed by atoms with Crippen molar-refractivity contribution in [1.29, 1.82) is 0 Å². The van der Waals surface area contributed by atoms with Crippen molar-refractivity contribution in [3.8, 4) is 0 Å². The minimum absolute atomic E-state index is 0.0438. The van der Waals surface area contributed by atoms with E-state index in [1.807, 2.05) is 11.0 Å². The van der Waals surface area contributed by atoms with Gasteiger partial charge in [0.2, 0.25) is 5.91 Å². The van der Waals surface area contributed by atoms with Crippen LogP contribution in [0, 0.1) is 11.2 Å². The van der Waals surface area contributed by atoms with Crippen LogP contribution in [-0.4, -0.2) is 44.9 Å². The minimum atomic E-state index is -0.412. The van der Waals surface area contributed by atoms with Crippen LogP contribution < -0.4 is 5.73 Å². The second-order valence-corrected chi connectivity index (χ2v) is 7.26. The van der Waals surface area contributed by atoms with E-state index in [-0.39, 0.29) is 23.8 Å². The van der Waals surface area contributed by atoms with E-state index in [0.29, 0.717) is 19.5 Å². The number of carbonyl (C=O) groups is 1. The Hall–Kier alpha value is -2.28. The highest BCUT2D eigenvalue weighted by atomic mass is 19.1. The summed E-state index contributed by atoms with van der Waals surface area (Å²) in [7, 11) is 0. The molecular formula is C18H22FN5O. The summed E-state index contributed by atoms with van der Waals surface area (Å²) in [6.45, 7) is 1.07. The molecule has 2 aliphatic rings. The van der Waals surface area contributed by atoms with E-state index in [9.17, 15) is 9.18 Å². The van der Waals surface area contributed by atoms with Gasteiger partial charge in [0, 0.05) is 25.3 Å². The monoisotopic (exact) mass is 343 g/mol. The van der Waals surface area contributed by atoms with Crippen LogP contribution in [0.1, 0.15) is 30.9 Å². The number of rotatable bonds is 4. The highest BCUT2D eigenvalue weighted by molar-refractivity contribution is 5.84. The van der Waals surface area contributed by atoms with E-state index < -0.39 is 5.41 Å². The summed E-state index contributed by atoms with van der Waals surface area (Å²) in [6.07, 6.45) is 6.72. The van der Waals surface area contributed by atoms with Gasteiger partial charge in [-0.15, -0.1) is 5.10 Å². The molecule has 1 aromatic heterocycles. The number of nitrogens with zero attached hydrogens (tertiary/aromatic N) is 4. The van der Waals surface area contributed by atoms with Crippen LogP contribution in [0.3, 0.4) is 0 Å². The third-order valence-corrected chi connectivity index (χ3v) is 5.60. The van der Waals surface area contributed by atoms with Crippen LogP contribution in [0.5, 0.6) is 0 Å². The molecule has 0 radical (unpaired) electrons. The highest BCUT2D eigenvalue weighted by Crippen LogP contribution is 2.46. The molecule has 1 saturated heterocycles. The predicted octanol–water partition coefficient (Wildman–Crippen LogP) is 1.54. The maximum atomic E-state index is 13.5. The number of carbonyl (C=O) groups excluding carboxylic acids is 1. The fourth-order valence-electron chi connectivity index (χ4n) is 4.09. The van der Waals surface area contributed by atoms with Gasteiger partial charge in [0.15, 0.2) is 0 Å². The molecule has 1 aromatic carbocycles. The van der Waals surface area contributed by atoms with Crippen molar-refractivity contribution in [2.24, 2.45) is 11.1 Å². The van der Waals surface area contributed by atoms with Crippen molar-refractivity contribution in [3.63, 3.8) is 0 Å². The Labute approximate surface area is 145 Å². The van der Waals surface area contributed by atoms with Gasteiger partial charge >= 0.3 is 0 Å². The van der Waals surface area contributed by atoms with Crippen molar-refractivity contribution < 1.29 is 9.18 Å². The zero-order valence-electron chi connectivity index (χ0n) is 14.0. The molecule has 1 saturated carbocycles. The first-order chi connectivity index (χ1) is 12.1. The number of nitrogens with two attached hydrogens (primary N) is 1. The second-order valence-electron chi connectivity index (χ2n) is 7.26. The van der Waals surface area contributed by atoms with Crippen LogP contribution in [0.4, 0.5) is 4.39 Å². The van der Waals surface area contributed by atoms with Gasteiger partial charge in [-0.3, -0.25) is 4.79 Å². The molecule has 1 aliphatic heterocycles. The zero-order valence-corrected chi connectivity index (χ0v) is 14.0. The number of aromatic nitrogens is 3. The summed E-state index contributed by atoms with van der Waals surface area (Å²) in [5, 5.41) is 7.85. The molecule has 1 aliphatic carbocycles. The molecule has 7 heteroatoms. The van der Waals surface area contributed by atoms with Gasteiger partial charge in [-0.2, -0.15) is 0 Å². The van der Waals surface area contributed by atoms with Crippen molar-refractivity contribution >= 4 is 5.91 Å². The van der Waals surface area contributed by atoms with Crippen molar-refractivity contribution in [2.45, 2.75) is 37.8 Å². The smallest absolute Gasteiger partial charge is 0.229 e. The first-order valence-electron chi connectivity index (χ1n) is 8.73. The Morgan fingerprint density at radius 2 is 2.20 bits per heavy atom. The summed E-state index contributed by atoms with van der Waals surface area (Å²) in [5.74, 6) is -0.116. The van der Waals surface area contributed by atoms with Crippen LogP contribution in [0.2, 0.25) is 0 Å². The molecule has 6 nitrogen and oxygen atoms in total. The van der Waals surface area contributed by atoms with E-state index >= 15 is 0 Å². The molecule has 2 heterocycles. The van der Waals surface area contributed by atoms with Gasteiger partial charge < -0.3 is 10.6 Å². The van der Waals surface area contributed by atoms with E-state index in [1.165, 1.54) is 12.1 Å². The van der Waals surface area contributed by atoms with Crippen molar-refractivity contribution in [2.75, 3.05) is 13.1 Å². The largest absolute Gasteiger partial charge is 0.338 e. The molecule has 2 atom stereocenters. The van der Waals surface area contributed by atoms with Gasteiger partial charge in [0.1, 0.15) is 5.82 Å². The third kappa shape index (κ3) is 2.93. The van der Waals surface area contributed by atoms with Crippen LogP contribution in [-0.2, 0) is 11.2 Å². The molecule has 25 heavy (non-hydrogen) atoms. The number of hydrogen-bond donors (Lipinski definition) is 1. The first kappa shape index (κ1) is 16.2. The molecule has 0 spiro atoms. The fourth-order valence-corrected chi connectivity index (χ4v) is 4.09. The number of benzene rings is 1. The van der Waals surface area contributed by atoms with E-state index in [1.54, 1.807) is 23.1 Å². The topological polar surface area (TPSA) is 77.0 Å².